The fourth-order valence-electron chi connectivity index (χ4n) is 1.63. The molecule has 0 N–H and O–H groups in total. The van der Waals surface area contributed by atoms with E-state index in [1.165, 1.54) is 0 Å². The van der Waals surface area contributed by atoms with Crippen molar-refractivity contribution in [2.24, 2.45) is 0 Å². The molecule has 1 unspecified atom stereocenters. The molecule has 1 aromatic rings. The highest BCUT2D eigenvalue weighted by molar-refractivity contribution is 5.52. The predicted octanol–water partition coefficient (Wildman–Crippen LogP) is 2.78. The number of methoxy groups -OCH3 is 1. The van der Waals surface area contributed by atoms with Crippen LogP contribution in [0.15, 0.2) is 24.3 Å². The first-order valence-electron chi connectivity index (χ1n) is 4.90. The van der Waals surface area contributed by atoms with Gasteiger partial charge in [0.05, 0.1) is 7.11 Å². The van der Waals surface area contributed by atoms with Crippen molar-refractivity contribution in [3.63, 3.8) is 0 Å². The summed E-state index contributed by atoms with van der Waals surface area (Å²) in [7, 11) is 1.66. The van der Waals surface area contributed by atoms with E-state index in [1.807, 2.05) is 24.3 Å². The summed E-state index contributed by atoms with van der Waals surface area (Å²) in [5.74, 6) is 1.16. The van der Waals surface area contributed by atoms with Crippen LogP contribution < -0.4 is 4.74 Å². The zero-order valence-electron chi connectivity index (χ0n) is 8.69. The fraction of sp³-hybridized carbons (Fsp3) is 0.417. The Kier molecular flexibility index (Phi) is 4.17. The molecule has 0 fully saturated rings. The van der Waals surface area contributed by atoms with E-state index in [0.29, 0.717) is 6.42 Å². The molecule has 1 atom stereocenters. The molecule has 1 rings (SSSR count). The van der Waals surface area contributed by atoms with Crippen molar-refractivity contribution in [2.45, 2.75) is 25.7 Å². The van der Waals surface area contributed by atoms with Gasteiger partial charge >= 0.3 is 0 Å². The number of carbonyl (C=O) groups is 1. The van der Waals surface area contributed by atoms with Crippen molar-refractivity contribution in [3.05, 3.63) is 29.8 Å². The minimum Gasteiger partial charge on any atom is -0.496 e. The van der Waals surface area contributed by atoms with E-state index in [-0.39, 0.29) is 5.92 Å². The zero-order chi connectivity index (χ0) is 10.4. The van der Waals surface area contributed by atoms with Gasteiger partial charge in [-0.05, 0) is 24.0 Å². The molecule has 0 aliphatic heterocycles. The molecule has 2 heteroatoms. The molecule has 0 amide bonds. The minimum atomic E-state index is 0.281. The summed E-state index contributed by atoms with van der Waals surface area (Å²) in [5.41, 5.74) is 1.13. The third-order valence-electron chi connectivity index (χ3n) is 2.45. The molecule has 0 aliphatic carbocycles. The number of rotatable bonds is 5. The molecular formula is C12H16O2. The van der Waals surface area contributed by atoms with E-state index in [2.05, 4.69) is 6.92 Å². The minimum absolute atomic E-state index is 0.281. The smallest absolute Gasteiger partial charge is 0.122 e. The van der Waals surface area contributed by atoms with Gasteiger partial charge in [0.25, 0.3) is 0 Å². The molecule has 0 aromatic heterocycles. The SMILES string of the molecule is CCC(CC=O)c1ccccc1OC. The maximum absolute atomic E-state index is 10.5. The highest BCUT2D eigenvalue weighted by atomic mass is 16.5. The quantitative estimate of drug-likeness (QED) is 0.670. The van der Waals surface area contributed by atoms with Crippen molar-refractivity contribution in [1.82, 2.24) is 0 Å². The number of benzene rings is 1. The monoisotopic (exact) mass is 192 g/mol. The summed E-state index contributed by atoms with van der Waals surface area (Å²) in [4.78, 5) is 10.5. The Morgan fingerprint density at radius 2 is 2.14 bits per heavy atom. The Labute approximate surface area is 84.9 Å². The molecule has 0 spiro atoms. The van der Waals surface area contributed by atoms with E-state index in [1.54, 1.807) is 7.11 Å². The van der Waals surface area contributed by atoms with Crippen LogP contribution in [0.1, 0.15) is 31.2 Å². The van der Waals surface area contributed by atoms with Crippen LogP contribution in [0.4, 0.5) is 0 Å². The highest BCUT2D eigenvalue weighted by Gasteiger charge is 2.12. The molecule has 0 radical (unpaired) electrons. The van der Waals surface area contributed by atoms with Crippen LogP contribution in [0.25, 0.3) is 0 Å². The average Bonchev–Trinajstić information content (AvgIpc) is 2.26. The average molecular weight is 192 g/mol. The predicted molar refractivity (Wildman–Crippen MR) is 56.7 cm³/mol. The van der Waals surface area contributed by atoms with Crippen LogP contribution in [0.3, 0.4) is 0 Å². The first-order valence-corrected chi connectivity index (χ1v) is 4.90. The van der Waals surface area contributed by atoms with Crippen LogP contribution in [0.5, 0.6) is 5.75 Å². The summed E-state index contributed by atoms with van der Waals surface area (Å²) < 4.78 is 5.26. The lowest BCUT2D eigenvalue weighted by atomic mass is 9.93. The number of para-hydroxylation sites is 1. The third-order valence-corrected chi connectivity index (χ3v) is 2.45. The van der Waals surface area contributed by atoms with Gasteiger partial charge in [0, 0.05) is 6.42 Å². The second-order valence-electron chi connectivity index (χ2n) is 3.25. The van der Waals surface area contributed by atoms with Crippen LogP contribution in [-0.2, 0) is 4.79 Å². The number of aldehydes is 1. The van der Waals surface area contributed by atoms with Crippen LogP contribution >= 0.6 is 0 Å². The van der Waals surface area contributed by atoms with Gasteiger partial charge in [-0.2, -0.15) is 0 Å². The number of ether oxygens (including phenoxy) is 1. The topological polar surface area (TPSA) is 26.3 Å². The molecule has 1 aromatic carbocycles. The second kappa shape index (κ2) is 5.43. The summed E-state index contributed by atoms with van der Waals surface area (Å²) in [5, 5.41) is 0. The highest BCUT2D eigenvalue weighted by Crippen LogP contribution is 2.30. The van der Waals surface area contributed by atoms with Gasteiger partial charge in [0.1, 0.15) is 12.0 Å². The summed E-state index contributed by atoms with van der Waals surface area (Å²) in [6.45, 7) is 2.08. The van der Waals surface area contributed by atoms with Crippen LogP contribution in [0, 0.1) is 0 Å². The summed E-state index contributed by atoms with van der Waals surface area (Å²) >= 11 is 0. The fourth-order valence-corrected chi connectivity index (χ4v) is 1.63. The van der Waals surface area contributed by atoms with E-state index < -0.39 is 0 Å². The Bertz CT molecular complexity index is 294. The van der Waals surface area contributed by atoms with E-state index in [4.69, 9.17) is 4.74 Å². The van der Waals surface area contributed by atoms with Crippen LogP contribution in [-0.4, -0.2) is 13.4 Å². The molecule has 14 heavy (non-hydrogen) atoms. The van der Waals surface area contributed by atoms with Gasteiger partial charge in [0.15, 0.2) is 0 Å². The first kappa shape index (κ1) is 10.8. The van der Waals surface area contributed by atoms with E-state index in [9.17, 15) is 4.79 Å². The van der Waals surface area contributed by atoms with Crippen molar-refractivity contribution >= 4 is 6.29 Å². The molecule has 0 saturated heterocycles. The largest absolute Gasteiger partial charge is 0.496 e. The lowest BCUT2D eigenvalue weighted by Gasteiger charge is -2.15. The number of carbonyl (C=O) groups excluding carboxylic acids is 1. The molecular weight excluding hydrogens is 176 g/mol. The third kappa shape index (κ3) is 2.34. The molecule has 76 valence electrons. The second-order valence-corrected chi connectivity index (χ2v) is 3.25. The lowest BCUT2D eigenvalue weighted by Crippen LogP contribution is -2.00. The van der Waals surface area contributed by atoms with Crippen LogP contribution in [0.2, 0.25) is 0 Å². The summed E-state index contributed by atoms with van der Waals surface area (Å²) in [6, 6.07) is 7.88. The van der Waals surface area contributed by atoms with Crippen molar-refractivity contribution in [3.8, 4) is 5.75 Å². The van der Waals surface area contributed by atoms with Gasteiger partial charge < -0.3 is 9.53 Å². The maximum Gasteiger partial charge on any atom is 0.122 e. The van der Waals surface area contributed by atoms with Crippen molar-refractivity contribution in [2.75, 3.05) is 7.11 Å². The van der Waals surface area contributed by atoms with Crippen molar-refractivity contribution in [1.29, 1.82) is 0 Å². The van der Waals surface area contributed by atoms with Crippen molar-refractivity contribution < 1.29 is 9.53 Å². The first-order chi connectivity index (χ1) is 6.83. The Morgan fingerprint density at radius 1 is 1.43 bits per heavy atom. The lowest BCUT2D eigenvalue weighted by molar-refractivity contribution is -0.108. The van der Waals surface area contributed by atoms with E-state index >= 15 is 0 Å². The van der Waals surface area contributed by atoms with Gasteiger partial charge in [-0.15, -0.1) is 0 Å². The Balaban J connectivity index is 2.95. The van der Waals surface area contributed by atoms with Gasteiger partial charge in [-0.1, -0.05) is 25.1 Å². The zero-order valence-corrected chi connectivity index (χ0v) is 8.69. The Morgan fingerprint density at radius 3 is 2.71 bits per heavy atom. The summed E-state index contributed by atoms with van der Waals surface area (Å²) in [6.07, 6.45) is 2.50. The Hall–Kier alpha value is -1.31. The van der Waals surface area contributed by atoms with Gasteiger partial charge in [-0.3, -0.25) is 0 Å². The van der Waals surface area contributed by atoms with Gasteiger partial charge in [-0.25, -0.2) is 0 Å². The number of hydrogen-bond donors (Lipinski definition) is 0. The standard InChI is InChI=1S/C12H16O2/c1-3-10(8-9-13)11-6-4-5-7-12(11)14-2/h4-7,9-10H,3,8H2,1-2H3. The normalized spacial score (nSPS) is 12.1. The maximum atomic E-state index is 10.5. The molecule has 0 bridgehead atoms. The van der Waals surface area contributed by atoms with E-state index in [0.717, 1.165) is 24.0 Å². The molecule has 0 heterocycles. The molecule has 0 saturated carbocycles. The molecule has 2 nitrogen and oxygen atoms in total. The number of hydrogen-bond acceptors (Lipinski definition) is 2. The molecule has 0 aliphatic rings. The van der Waals surface area contributed by atoms with Gasteiger partial charge in [0.2, 0.25) is 0 Å².